The number of rotatable bonds is 4. The predicted octanol–water partition coefficient (Wildman–Crippen LogP) is 1.11. The van der Waals surface area contributed by atoms with E-state index in [0.717, 1.165) is 12.8 Å². The van der Waals surface area contributed by atoms with Crippen molar-refractivity contribution in [2.75, 3.05) is 0 Å². The fourth-order valence-electron chi connectivity index (χ4n) is 2.68. The van der Waals surface area contributed by atoms with Gasteiger partial charge in [-0.1, -0.05) is 6.92 Å². The highest BCUT2D eigenvalue weighted by atomic mass is 16.4. The minimum Gasteiger partial charge on any atom is -0.405 e. The Kier molecular flexibility index (Phi) is 3.31. The van der Waals surface area contributed by atoms with Gasteiger partial charge in [0, 0.05) is 19.2 Å². The van der Waals surface area contributed by atoms with Gasteiger partial charge in [0.15, 0.2) is 0 Å². The molecule has 0 unspecified atom stereocenters. The maximum absolute atomic E-state index is 12.7. The highest BCUT2D eigenvalue weighted by Gasteiger charge is 2.25. The van der Waals surface area contributed by atoms with Crippen molar-refractivity contribution in [3.8, 4) is 0 Å². The first-order chi connectivity index (χ1) is 10.1. The molecule has 0 atom stereocenters. The maximum atomic E-state index is 12.7. The highest BCUT2D eigenvalue weighted by Crippen LogP contribution is 2.29. The van der Waals surface area contributed by atoms with Crippen LogP contribution < -0.4 is 16.9 Å². The van der Waals surface area contributed by atoms with Crippen molar-refractivity contribution in [1.29, 1.82) is 0 Å². The largest absolute Gasteiger partial charge is 0.405 e. The smallest absolute Gasteiger partial charge is 0.337 e. The molecule has 0 radical (unpaired) electrons. The van der Waals surface area contributed by atoms with E-state index >= 15 is 0 Å². The van der Waals surface area contributed by atoms with Crippen LogP contribution in [0, 0.1) is 5.92 Å². The van der Waals surface area contributed by atoms with Crippen molar-refractivity contribution in [2.45, 2.75) is 46.2 Å². The molecule has 0 amide bonds. The molecule has 0 saturated heterocycles. The average Bonchev–Trinajstić information content (AvgIpc) is 3.27. The lowest BCUT2D eigenvalue weighted by molar-refractivity contribution is 0.484. The molecule has 0 bridgehead atoms. The summed E-state index contributed by atoms with van der Waals surface area (Å²) in [5.74, 6) is 0.416. The number of nitrogens with zero attached hydrogens (tertiary/aromatic N) is 2. The average molecular weight is 290 g/mol. The number of hydrogen-bond donors (Lipinski definition) is 0. The maximum Gasteiger partial charge on any atom is 0.337 e. The second-order valence-corrected chi connectivity index (χ2v) is 5.51. The Morgan fingerprint density at radius 3 is 2.48 bits per heavy atom. The number of aryl methyl sites for hydroxylation is 2. The van der Waals surface area contributed by atoms with Gasteiger partial charge in [-0.15, -0.1) is 0 Å². The normalized spacial score (nSPS) is 14.8. The summed E-state index contributed by atoms with van der Waals surface area (Å²) < 4.78 is 7.83. The molecular weight excluding hydrogens is 272 g/mol. The van der Waals surface area contributed by atoms with Crippen LogP contribution >= 0.6 is 0 Å². The van der Waals surface area contributed by atoms with Gasteiger partial charge in [0.1, 0.15) is 5.39 Å². The van der Waals surface area contributed by atoms with E-state index in [2.05, 4.69) is 0 Å². The molecular formula is C15H18N2O4. The van der Waals surface area contributed by atoms with Crippen LogP contribution in [-0.4, -0.2) is 9.13 Å². The molecule has 2 aromatic heterocycles. The minimum atomic E-state index is -0.528. The lowest BCUT2D eigenvalue weighted by Gasteiger charge is -2.12. The zero-order valence-corrected chi connectivity index (χ0v) is 12.2. The minimum absolute atomic E-state index is 0.101. The monoisotopic (exact) mass is 290 g/mol. The molecule has 2 aromatic rings. The Morgan fingerprint density at radius 1 is 1.19 bits per heavy atom. The molecule has 21 heavy (non-hydrogen) atoms. The van der Waals surface area contributed by atoms with Gasteiger partial charge in [0.25, 0.3) is 5.56 Å². The van der Waals surface area contributed by atoms with Gasteiger partial charge in [-0.05, 0) is 37.7 Å². The van der Waals surface area contributed by atoms with E-state index in [9.17, 15) is 14.4 Å². The van der Waals surface area contributed by atoms with Crippen LogP contribution in [0.4, 0.5) is 0 Å². The van der Waals surface area contributed by atoms with Gasteiger partial charge in [0.05, 0.1) is 0 Å². The van der Waals surface area contributed by atoms with Crippen LogP contribution in [0.15, 0.2) is 24.9 Å². The van der Waals surface area contributed by atoms with Gasteiger partial charge in [0.2, 0.25) is 5.71 Å². The van der Waals surface area contributed by atoms with Crippen molar-refractivity contribution in [1.82, 2.24) is 9.13 Å². The Bertz CT molecular complexity index is 868. The molecule has 6 nitrogen and oxygen atoms in total. The van der Waals surface area contributed by atoms with Crippen molar-refractivity contribution in [3.63, 3.8) is 0 Å². The van der Waals surface area contributed by atoms with Crippen molar-refractivity contribution >= 4 is 11.1 Å². The first-order valence-electron chi connectivity index (χ1n) is 7.37. The number of aromatic nitrogens is 2. The fraction of sp³-hybridized carbons (Fsp3) is 0.533. The second kappa shape index (κ2) is 5.02. The molecule has 1 saturated carbocycles. The molecule has 1 aliphatic rings. The summed E-state index contributed by atoms with van der Waals surface area (Å²) in [6, 6.07) is 1.34. The third-order valence-corrected chi connectivity index (χ3v) is 4.03. The summed E-state index contributed by atoms with van der Waals surface area (Å²) in [5, 5.41) is 0.360. The molecule has 2 heterocycles. The van der Waals surface area contributed by atoms with Crippen LogP contribution in [0.2, 0.25) is 0 Å². The van der Waals surface area contributed by atoms with Crippen LogP contribution in [0.25, 0.3) is 11.1 Å². The van der Waals surface area contributed by atoms with Crippen molar-refractivity contribution in [3.05, 3.63) is 42.9 Å². The van der Waals surface area contributed by atoms with Crippen LogP contribution in [0.1, 0.15) is 32.3 Å². The summed E-state index contributed by atoms with van der Waals surface area (Å²) in [4.78, 5) is 36.8. The zero-order chi connectivity index (χ0) is 15.1. The summed E-state index contributed by atoms with van der Waals surface area (Å²) >= 11 is 0. The van der Waals surface area contributed by atoms with Gasteiger partial charge < -0.3 is 4.42 Å². The Balaban J connectivity index is 2.45. The first kappa shape index (κ1) is 13.9. The van der Waals surface area contributed by atoms with E-state index in [4.69, 9.17) is 4.42 Å². The molecule has 3 rings (SSSR count). The molecule has 1 aliphatic carbocycles. The quantitative estimate of drug-likeness (QED) is 0.845. The highest BCUT2D eigenvalue weighted by molar-refractivity contribution is 5.76. The standard InChI is InChI=1S/C15H18N2O4/c1-3-10-7-11(18)21-14-12(10)13(19)17(8-9-5-6-9)15(20)16(14)4-2/h7,9H,3-6,8H2,1-2H3. The Morgan fingerprint density at radius 2 is 1.90 bits per heavy atom. The molecule has 0 N–H and O–H groups in total. The molecule has 0 aliphatic heterocycles. The van der Waals surface area contributed by atoms with Gasteiger partial charge in [-0.25, -0.2) is 9.59 Å². The van der Waals surface area contributed by atoms with Gasteiger partial charge >= 0.3 is 11.3 Å². The first-order valence-corrected chi connectivity index (χ1v) is 7.37. The van der Waals surface area contributed by atoms with E-state index in [0.29, 0.717) is 36.4 Å². The van der Waals surface area contributed by atoms with Crippen LogP contribution in [0.3, 0.4) is 0 Å². The predicted molar refractivity (Wildman–Crippen MR) is 78.8 cm³/mol. The number of hydrogen-bond acceptors (Lipinski definition) is 4. The SMILES string of the molecule is CCc1cc(=O)oc2c1c(=O)n(CC1CC1)c(=O)n2CC. The number of fused-ring (bicyclic) bond motifs is 1. The van der Waals surface area contributed by atoms with E-state index in [1.54, 1.807) is 6.92 Å². The van der Waals surface area contributed by atoms with E-state index < -0.39 is 11.3 Å². The molecule has 1 fully saturated rings. The Labute approximate surface area is 120 Å². The third kappa shape index (κ3) is 2.24. The molecule has 6 heteroatoms. The van der Waals surface area contributed by atoms with Crippen LogP contribution in [-0.2, 0) is 19.5 Å². The summed E-state index contributed by atoms with van der Waals surface area (Å²) in [6.45, 7) is 4.48. The second-order valence-electron chi connectivity index (χ2n) is 5.51. The van der Waals surface area contributed by atoms with Crippen molar-refractivity contribution < 1.29 is 4.42 Å². The summed E-state index contributed by atoms with van der Waals surface area (Å²) in [6.07, 6.45) is 2.66. The molecule has 0 spiro atoms. The van der Waals surface area contributed by atoms with Crippen molar-refractivity contribution in [2.24, 2.45) is 5.92 Å². The van der Waals surface area contributed by atoms with Gasteiger partial charge in [-0.3, -0.25) is 13.9 Å². The lowest BCUT2D eigenvalue weighted by atomic mass is 10.1. The lowest BCUT2D eigenvalue weighted by Crippen LogP contribution is -2.41. The third-order valence-electron chi connectivity index (χ3n) is 4.03. The van der Waals surface area contributed by atoms with E-state index in [1.807, 2.05) is 6.92 Å². The Hall–Kier alpha value is -2.11. The zero-order valence-electron chi connectivity index (χ0n) is 12.2. The van der Waals surface area contributed by atoms with E-state index in [1.165, 1.54) is 15.2 Å². The topological polar surface area (TPSA) is 74.2 Å². The summed E-state index contributed by atoms with van der Waals surface area (Å²) in [7, 11) is 0. The van der Waals surface area contributed by atoms with Gasteiger partial charge in [-0.2, -0.15) is 0 Å². The molecule has 112 valence electrons. The van der Waals surface area contributed by atoms with E-state index in [-0.39, 0.29) is 11.3 Å². The summed E-state index contributed by atoms with van der Waals surface area (Å²) in [5.41, 5.74) is -0.521. The fourth-order valence-corrected chi connectivity index (χ4v) is 2.68. The molecule has 0 aromatic carbocycles. The van der Waals surface area contributed by atoms with Crippen LogP contribution in [0.5, 0.6) is 0 Å².